The van der Waals surface area contributed by atoms with Crippen molar-refractivity contribution in [3.05, 3.63) is 29.8 Å². The third kappa shape index (κ3) is 1.85. The van der Waals surface area contributed by atoms with E-state index in [1.165, 1.54) is 24.8 Å². The van der Waals surface area contributed by atoms with Gasteiger partial charge in [0.25, 0.3) is 0 Å². The maximum atomic E-state index is 9.81. The lowest BCUT2D eigenvalue weighted by molar-refractivity contribution is 0.159. The third-order valence-electron chi connectivity index (χ3n) is 4.67. The number of fused-ring (bicyclic) bond motifs is 2. The molecule has 1 aromatic carbocycles. The summed E-state index contributed by atoms with van der Waals surface area (Å²) in [5.41, 5.74) is 2.38. The quantitative estimate of drug-likeness (QED) is 0.838. The molecule has 92 valence electrons. The lowest BCUT2D eigenvalue weighted by atomic mass is 9.81. The normalized spacial score (nSPS) is 35.2. The van der Waals surface area contributed by atoms with E-state index >= 15 is 0 Å². The summed E-state index contributed by atoms with van der Waals surface area (Å²) in [4.78, 5) is 0. The molecule has 2 aliphatic rings. The zero-order valence-corrected chi connectivity index (χ0v) is 10.4. The van der Waals surface area contributed by atoms with Gasteiger partial charge < -0.3 is 10.4 Å². The summed E-state index contributed by atoms with van der Waals surface area (Å²) in [5.74, 6) is 1.50. The number of aliphatic hydroxyl groups is 1. The van der Waals surface area contributed by atoms with Gasteiger partial charge in [-0.3, -0.25) is 0 Å². The van der Waals surface area contributed by atoms with E-state index in [0.717, 1.165) is 18.0 Å². The van der Waals surface area contributed by atoms with Crippen LogP contribution < -0.4 is 5.32 Å². The monoisotopic (exact) mass is 231 g/mol. The Hall–Kier alpha value is -1.02. The van der Waals surface area contributed by atoms with Gasteiger partial charge in [0.05, 0.1) is 12.1 Å². The molecule has 17 heavy (non-hydrogen) atoms. The van der Waals surface area contributed by atoms with E-state index in [4.69, 9.17) is 0 Å². The summed E-state index contributed by atoms with van der Waals surface area (Å²) < 4.78 is 0. The van der Waals surface area contributed by atoms with Crippen molar-refractivity contribution >= 4 is 5.69 Å². The molecule has 0 aromatic heterocycles. The highest BCUT2D eigenvalue weighted by Gasteiger charge is 2.50. The molecule has 0 spiro atoms. The summed E-state index contributed by atoms with van der Waals surface area (Å²) >= 11 is 0. The maximum absolute atomic E-state index is 9.81. The Labute approximate surface area is 103 Å². The number of hydrogen-bond acceptors (Lipinski definition) is 2. The van der Waals surface area contributed by atoms with E-state index in [1.54, 1.807) is 0 Å². The molecular formula is C15H21NO. The third-order valence-corrected chi connectivity index (χ3v) is 4.67. The highest BCUT2D eigenvalue weighted by molar-refractivity contribution is 5.48. The first-order valence-electron chi connectivity index (χ1n) is 6.67. The molecule has 2 nitrogen and oxygen atoms in total. The van der Waals surface area contributed by atoms with Crippen molar-refractivity contribution in [2.24, 2.45) is 11.8 Å². The lowest BCUT2D eigenvalue weighted by Gasteiger charge is -2.38. The van der Waals surface area contributed by atoms with Gasteiger partial charge in [0.1, 0.15) is 0 Å². The first-order chi connectivity index (χ1) is 8.22. The number of aryl methyl sites for hydroxylation is 1. The molecular weight excluding hydrogens is 210 g/mol. The standard InChI is InChI=1S/C15H21NO/c1-11-3-2-4-14(7-11)16-15(10-17)9-12-5-6-13(15)8-12/h2-4,7,12-13,16-17H,5-6,8-10H2,1H3. The summed E-state index contributed by atoms with van der Waals surface area (Å²) in [7, 11) is 0. The van der Waals surface area contributed by atoms with Gasteiger partial charge in [-0.15, -0.1) is 0 Å². The maximum Gasteiger partial charge on any atom is 0.0664 e. The number of benzene rings is 1. The van der Waals surface area contributed by atoms with Crippen LogP contribution in [0.15, 0.2) is 24.3 Å². The van der Waals surface area contributed by atoms with Gasteiger partial charge in [0.15, 0.2) is 0 Å². The first kappa shape index (κ1) is 11.1. The van der Waals surface area contributed by atoms with Gasteiger partial charge in [-0.25, -0.2) is 0 Å². The fourth-order valence-electron chi connectivity index (χ4n) is 3.84. The van der Waals surface area contributed by atoms with Gasteiger partial charge >= 0.3 is 0 Å². The Bertz CT molecular complexity index is 417. The molecule has 3 rings (SSSR count). The fraction of sp³-hybridized carbons (Fsp3) is 0.600. The van der Waals surface area contributed by atoms with Crippen molar-refractivity contribution in [3.8, 4) is 0 Å². The second-order valence-corrected chi connectivity index (χ2v) is 5.89. The molecule has 3 unspecified atom stereocenters. The Morgan fingerprint density at radius 1 is 1.41 bits per heavy atom. The van der Waals surface area contributed by atoms with Crippen molar-refractivity contribution < 1.29 is 5.11 Å². The van der Waals surface area contributed by atoms with E-state index in [1.807, 2.05) is 0 Å². The molecule has 2 heteroatoms. The fourth-order valence-corrected chi connectivity index (χ4v) is 3.84. The summed E-state index contributed by atoms with van der Waals surface area (Å²) in [6.45, 7) is 2.37. The van der Waals surface area contributed by atoms with Gasteiger partial charge in [-0.2, -0.15) is 0 Å². The van der Waals surface area contributed by atoms with Crippen LogP contribution in [0.3, 0.4) is 0 Å². The Morgan fingerprint density at radius 3 is 2.88 bits per heavy atom. The molecule has 2 N–H and O–H groups in total. The number of anilines is 1. The van der Waals surface area contributed by atoms with E-state index in [-0.39, 0.29) is 12.1 Å². The molecule has 2 bridgehead atoms. The van der Waals surface area contributed by atoms with Crippen LogP contribution in [0.1, 0.15) is 31.2 Å². The van der Waals surface area contributed by atoms with Crippen molar-refractivity contribution in [2.75, 3.05) is 11.9 Å². The average Bonchev–Trinajstić information content (AvgIpc) is 2.89. The molecule has 2 aliphatic carbocycles. The van der Waals surface area contributed by atoms with Crippen LogP contribution >= 0.6 is 0 Å². The Morgan fingerprint density at radius 2 is 2.29 bits per heavy atom. The molecule has 3 atom stereocenters. The van der Waals surface area contributed by atoms with Crippen LogP contribution in [-0.4, -0.2) is 17.3 Å². The van der Waals surface area contributed by atoms with E-state index in [9.17, 15) is 5.11 Å². The minimum absolute atomic E-state index is 0.0449. The van der Waals surface area contributed by atoms with E-state index < -0.39 is 0 Å². The minimum atomic E-state index is -0.0449. The number of aliphatic hydroxyl groups excluding tert-OH is 1. The molecule has 0 aliphatic heterocycles. The molecule has 1 aromatic rings. The first-order valence-corrected chi connectivity index (χ1v) is 6.67. The van der Waals surface area contributed by atoms with Crippen LogP contribution in [0.4, 0.5) is 5.69 Å². The molecule has 0 heterocycles. The summed E-state index contributed by atoms with van der Waals surface area (Å²) in [6, 6.07) is 8.47. The zero-order chi connectivity index (χ0) is 11.9. The molecule has 0 saturated heterocycles. The van der Waals surface area contributed by atoms with Crippen molar-refractivity contribution in [3.63, 3.8) is 0 Å². The number of hydrogen-bond donors (Lipinski definition) is 2. The minimum Gasteiger partial charge on any atom is -0.394 e. The number of nitrogens with one attached hydrogen (secondary N) is 1. The Balaban J connectivity index is 1.83. The largest absolute Gasteiger partial charge is 0.394 e. The van der Waals surface area contributed by atoms with Gasteiger partial charge in [0.2, 0.25) is 0 Å². The van der Waals surface area contributed by atoms with Crippen LogP contribution in [-0.2, 0) is 0 Å². The number of rotatable bonds is 3. The SMILES string of the molecule is Cc1cccc(NC2(CO)CC3CCC2C3)c1. The predicted molar refractivity (Wildman–Crippen MR) is 70.1 cm³/mol. The zero-order valence-electron chi connectivity index (χ0n) is 10.4. The summed E-state index contributed by atoms with van der Waals surface area (Å²) in [6.07, 6.45) is 5.09. The van der Waals surface area contributed by atoms with Gasteiger partial charge in [-0.05, 0) is 62.1 Å². The van der Waals surface area contributed by atoms with Gasteiger partial charge in [-0.1, -0.05) is 12.1 Å². The van der Waals surface area contributed by atoms with Gasteiger partial charge in [0, 0.05) is 5.69 Å². The predicted octanol–water partition coefficient (Wildman–Crippen LogP) is 2.96. The second-order valence-electron chi connectivity index (χ2n) is 5.89. The highest BCUT2D eigenvalue weighted by Crippen LogP contribution is 2.51. The lowest BCUT2D eigenvalue weighted by Crippen LogP contribution is -2.46. The molecule has 2 fully saturated rings. The van der Waals surface area contributed by atoms with Crippen LogP contribution in [0.5, 0.6) is 0 Å². The topological polar surface area (TPSA) is 32.3 Å². The van der Waals surface area contributed by atoms with E-state index in [0.29, 0.717) is 5.92 Å². The smallest absolute Gasteiger partial charge is 0.0664 e. The van der Waals surface area contributed by atoms with Crippen molar-refractivity contribution in [1.29, 1.82) is 0 Å². The van der Waals surface area contributed by atoms with Crippen LogP contribution in [0, 0.1) is 18.8 Å². The molecule has 2 saturated carbocycles. The summed E-state index contributed by atoms with van der Waals surface area (Å²) in [5, 5.41) is 13.4. The van der Waals surface area contributed by atoms with E-state index in [2.05, 4.69) is 36.5 Å². The molecule has 0 amide bonds. The average molecular weight is 231 g/mol. The van der Waals surface area contributed by atoms with Crippen LogP contribution in [0.2, 0.25) is 0 Å². The Kier molecular flexibility index (Phi) is 2.62. The second kappa shape index (κ2) is 4.02. The van der Waals surface area contributed by atoms with Crippen molar-refractivity contribution in [2.45, 2.75) is 38.1 Å². The molecule has 0 radical (unpaired) electrons. The highest BCUT2D eigenvalue weighted by atomic mass is 16.3. The van der Waals surface area contributed by atoms with Crippen molar-refractivity contribution in [1.82, 2.24) is 0 Å². The van der Waals surface area contributed by atoms with Crippen LogP contribution in [0.25, 0.3) is 0 Å².